The number of nitrogens with one attached hydrogen (secondary N) is 1. The minimum Gasteiger partial charge on any atom is -0.373 e. The first-order chi connectivity index (χ1) is 11.3. The van der Waals surface area contributed by atoms with Crippen molar-refractivity contribution in [3.05, 3.63) is 58.7 Å². The molecule has 3 aromatic rings. The molecule has 0 radical (unpaired) electrons. The van der Waals surface area contributed by atoms with Crippen LogP contribution in [0.15, 0.2) is 42.6 Å². The largest absolute Gasteiger partial charge is 0.373 e. The normalized spacial score (nSPS) is 10.7. The predicted octanol–water partition coefficient (Wildman–Crippen LogP) is 3.26. The molecule has 0 amide bonds. The Kier molecular flexibility index (Phi) is 4.67. The molecule has 0 unspecified atom stereocenters. The third-order valence-electron chi connectivity index (χ3n) is 3.25. The van der Waals surface area contributed by atoms with Crippen molar-refractivity contribution in [2.75, 3.05) is 12.4 Å². The zero-order valence-corrected chi connectivity index (χ0v) is 13.5. The minimum absolute atomic E-state index is 0.546. The smallest absolute Gasteiger partial charge is 0.125 e. The van der Waals surface area contributed by atoms with Crippen LogP contribution in [0.2, 0.25) is 0 Å². The van der Waals surface area contributed by atoms with Crippen LogP contribution in [0.3, 0.4) is 0 Å². The maximum Gasteiger partial charge on any atom is 0.125 e. The van der Waals surface area contributed by atoms with E-state index in [0.717, 1.165) is 32.2 Å². The summed E-state index contributed by atoms with van der Waals surface area (Å²) in [6.45, 7) is 0.546. The number of benzene rings is 1. The van der Waals surface area contributed by atoms with E-state index in [-0.39, 0.29) is 0 Å². The summed E-state index contributed by atoms with van der Waals surface area (Å²) in [6.07, 6.45) is 5.49. The molecule has 5 heteroatoms. The third kappa shape index (κ3) is 3.75. The Morgan fingerprint density at radius 2 is 2.22 bits per heavy atom. The Bertz CT molecular complexity index is 898. The molecule has 0 spiro atoms. The van der Waals surface area contributed by atoms with Crippen LogP contribution in [-0.4, -0.2) is 17.0 Å². The number of allylic oxidation sites excluding steroid dienone is 1. The predicted molar refractivity (Wildman–Crippen MR) is 97.2 cm³/mol. The van der Waals surface area contributed by atoms with Crippen LogP contribution in [0.4, 0.5) is 5.82 Å². The first-order valence-corrected chi connectivity index (χ1v) is 8.01. The van der Waals surface area contributed by atoms with Gasteiger partial charge in [0.2, 0.25) is 0 Å². The molecule has 3 N–H and O–H groups in total. The van der Waals surface area contributed by atoms with Gasteiger partial charge >= 0.3 is 0 Å². The number of hydrogen-bond donors (Lipinski definition) is 2. The van der Waals surface area contributed by atoms with Crippen LogP contribution in [0, 0.1) is 11.8 Å². The summed E-state index contributed by atoms with van der Waals surface area (Å²) in [5.41, 5.74) is 8.65. The van der Waals surface area contributed by atoms with Crippen LogP contribution in [-0.2, 0) is 6.54 Å². The van der Waals surface area contributed by atoms with Crippen molar-refractivity contribution in [3.8, 4) is 11.8 Å². The van der Waals surface area contributed by atoms with E-state index >= 15 is 0 Å². The van der Waals surface area contributed by atoms with Gasteiger partial charge in [0.25, 0.3) is 0 Å². The monoisotopic (exact) mass is 320 g/mol. The number of aromatic nitrogens is 2. The molecule has 0 aliphatic carbocycles. The Balaban J connectivity index is 1.74. The van der Waals surface area contributed by atoms with Crippen molar-refractivity contribution >= 4 is 33.4 Å². The van der Waals surface area contributed by atoms with Gasteiger partial charge in [-0.3, -0.25) is 0 Å². The first kappa shape index (κ1) is 15.2. The summed E-state index contributed by atoms with van der Waals surface area (Å²) in [4.78, 5) is 8.78. The highest BCUT2D eigenvalue weighted by Gasteiger charge is 2.01. The number of pyridine rings is 1. The molecule has 0 aliphatic rings. The van der Waals surface area contributed by atoms with E-state index < -0.39 is 0 Å². The molecule has 0 aliphatic heterocycles. The molecule has 0 saturated heterocycles. The van der Waals surface area contributed by atoms with E-state index in [9.17, 15) is 0 Å². The zero-order valence-electron chi connectivity index (χ0n) is 12.7. The van der Waals surface area contributed by atoms with Gasteiger partial charge in [0.1, 0.15) is 10.8 Å². The van der Waals surface area contributed by atoms with Crippen molar-refractivity contribution in [2.45, 2.75) is 6.54 Å². The van der Waals surface area contributed by atoms with Crippen molar-refractivity contribution in [1.29, 1.82) is 0 Å². The molecule has 0 bridgehead atoms. The SMILES string of the molecule is CNc1ccc(C#C/C=C/c2nc3ccc(CN)cc3s2)cn1. The lowest BCUT2D eigenvalue weighted by Gasteiger charge is -1.96. The van der Waals surface area contributed by atoms with E-state index in [0.29, 0.717) is 6.54 Å². The highest BCUT2D eigenvalue weighted by molar-refractivity contribution is 7.19. The minimum atomic E-state index is 0.546. The Morgan fingerprint density at radius 3 is 2.96 bits per heavy atom. The van der Waals surface area contributed by atoms with Crippen LogP contribution >= 0.6 is 11.3 Å². The number of thiazole rings is 1. The topological polar surface area (TPSA) is 63.8 Å². The van der Waals surface area contributed by atoms with Gasteiger partial charge in [-0.05, 0) is 42.0 Å². The van der Waals surface area contributed by atoms with Crippen LogP contribution in [0.5, 0.6) is 0 Å². The summed E-state index contributed by atoms with van der Waals surface area (Å²) in [5.74, 6) is 6.89. The van der Waals surface area contributed by atoms with Gasteiger partial charge in [-0.25, -0.2) is 9.97 Å². The van der Waals surface area contributed by atoms with Gasteiger partial charge in [-0.15, -0.1) is 11.3 Å². The van der Waals surface area contributed by atoms with Gasteiger partial charge < -0.3 is 11.1 Å². The fraction of sp³-hybridized carbons (Fsp3) is 0.111. The Labute approximate surface area is 139 Å². The number of hydrogen-bond acceptors (Lipinski definition) is 5. The number of rotatable bonds is 3. The van der Waals surface area contributed by atoms with Crippen molar-refractivity contribution in [2.24, 2.45) is 5.73 Å². The number of fused-ring (bicyclic) bond motifs is 1. The van der Waals surface area contributed by atoms with Crippen LogP contribution in [0.25, 0.3) is 16.3 Å². The molecule has 0 saturated carbocycles. The molecule has 2 aromatic heterocycles. The first-order valence-electron chi connectivity index (χ1n) is 7.20. The van der Waals surface area contributed by atoms with Crippen molar-refractivity contribution < 1.29 is 0 Å². The summed E-state index contributed by atoms with van der Waals surface area (Å²) < 4.78 is 1.15. The lowest BCUT2D eigenvalue weighted by molar-refractivity contribution is 1.08. The second-order valence-corrected chi connectivity index (χ2v) is 5.91. The van der Waals surface area contributed by atoms with Gasteiger partial charge in [-0.2, -0.15) is 0 Å². The molecule has 23 heavy (non-hydrogen) atoms. The van der Waals surface area contributed by atoms with Gasteiger partial charge in [0.15, 0.2) is 0 Å². The lowest BCUT2D eigenvalue weighted by atomic mass is 10.2. The quantitative estimate of drug-likeness (QED) is 0.727. The highest BCUT2D eigenvalue weighted by atomic mass is 32.1. The number of nitrogens with two attached hydrogens (primary N) is 1. The third-order valence-corrected chi connectivity index (χ3v) is 4.23. The summed E-state index contributed by atoms with van der Waals surface area (Å²) in [5, 5.41) is 3.91. The molecule has 3 rings (SSSR count). The average molecular weight is 320 g/mol. The standard InChI is InChI=1S/C18H16N4S/c1-20-17-9-7-13(12-21-17)4-2-3-5-18-22-15-8-6-14(11-19)10-16(15)23-18/h3,5-10,12H,11,19H2,1H3,(H,20,21)/b5-3+. The van der Waals surface area contributed by atoms with Crippen LogP contribution in [0.1, 0.15) is 16.1 Å². The number of nitrogens with zero attached hydrogens (tertiary/aromatic N) is 2. The molecule has 4 nitrogen and oxygen atoms in total. The molecule has 2 heterocycles. The summed E-state index contributed by atoms with van der Waals surface area (Å²) >= 11 is 1.64. The molecular weight excluding hydrogens is 304 g/mol. The highest BCUT2D eigenvalue weighted by Crippen LogP contribution is 2.24. The molecule has 114 valence electrons. The fourth-order valence-corrected chi connectivity index (χ4v) is 2.97. The maximum atomic E-state index is 5.66. The van der Waals surface area contributed by atoms with E-state index in [1.54, 1.807) is 17.5 Å². The summed E-state index contributed by atoms with van der Waals surface area (Å²) in [6, 6.07) is 9.94. The second-order valence-electron chi connectivity index (χ2n) is 4.84. The lowest BCUT2D eigenvalue weighted by Crippen LogP contribution is -1.94. The molecule has 1 aromatic carbocycles. The van der Waals surface area contributed by atoms with E-state index in [1.807, 2.05) is 43.5 Å². The van der Waals surface area contributed by atoms with Gasteiger partial charge in [-0.1, -0.05) is 17.9 Å². The second kappa shape index (κ2) is 7.05. The average Bonchev–Trinajstić information content (AvgIpc) is 3.01. The van der Waals surface area contributed by atoms with E-state index in [4.69, 9.17) is 5.73 Å². The van der Waals surface area contributed by atoms with E-state index in [2.05, 4.69) is 33.2 Å². The van der Waals surface area contributed by atoms with Crippen LogP contribution < -0.4 is 11.1 Å². The van der Waals surface area contributed by atoms with Gasteiger partial charge in [0.05, 0.1) is 10.2 Å². The maximum absolute atomic E-state index is 5.66. The molecule has 0 atom stereocenters. The van der Waals surface area contributed by atoms with Crippen molar-refractivity contribution in [3.63, 3.8) is 0 Å². The van der Waals surface area contributed by atoms with Gasteiger partial charge in [0, 0.05) is 25.4 Å². The molecule has 0 fully saturated rings. The number of anilines is 1. The van der Waals surface area contributed by atoms with E-state index in [1.165, 1.54) is 0 Å². The summed E-state index contributed by atoms with van der Waals surface area (Å²) in [7, 11) is 1.84. The van der Waals surface area contributed by atoms with Crippen molar-refractivity contribution in [1.82, 2.24) is 9.97 Å². The fourth-order valence-electron chi connectivity index (χ4n) is 2.04. The zero-order chi connectivity index (χ0) is 16.1. The Morgan fingerprint density at radius 1 is 1.30 bits per heavy atom. The molecular formula is C18H16N4S. The Hall–Kier alpha value is -2.68.